The summed E-state index contributed by atoms with van der Waals surface area (Å²) in [6.07, 6.45) is 1.41. The van der Waals surface area contributed by atoms with E-state index >= 15 is 0 Å². The Morgan fingerprint density at radius 1 is 1.13 bits per heavy atom. The van der Waals surface area contributed by atoms with Gasteiger partial charge in [0.25, 0.3) is 0 Å². The third-order valence-electron chi connectivity index (χ3n) is 3.56. The van der Waals surface area contributed by atoms with Gasteiger partial charge in [-0.3, -0.25) is 4.79 Å². The van der Waals surface area contributed by atoms with Crippen LogP contribution in [0.25, 0.3) is 0 Å². The summed E-state index contributed by atoms with van der Waals surface area (Å²) < 4.78 is 1.09. The summed E-state index contributed by atoms with van der Waals surface area (Å²) >= 11 is 9.47. The summed E-state index contributed by atoms with van der Waals surface area (Å²) in [7, 11) is 2.03. The smallest absolute Gasteiger partial charge is 0.225 e. The molecule has 5 heteroatoms. The number of para-hydroxylation sites is 1. The van der Waals surface area contributed by atoms with E-state index in [9.17, 15) is 4.79 Å². The van der Waals surface area contributed by atoms with Crippen molar-refractivity contribution in [3.63, 3.8) is 0 Å². The predicted octanol–water partition coefficient (Wildman–Crippen LogP) is 4.61. The van der Waals surface area contributed by atoms with Crippen LogP contribution in [0.4, 0.5) is 5.69 Å². The van der Waals surface area contributed by atoms with E-state index < -0.39 is 0 Å². The van der Waals surface area contributed by atoms with E-state index in [0.29, 0.717) is 23.7 Å². The quantitative estimate of drug-likeness (QED) is 0.743. The molecule has 0 atom stereocenters. The van der Waals surface area contributed by atoms with Crippen LogP contribution >= 0.6 is 27.5 Å². The highest BCUT2D eigenvalue weighted by Crippen LogP contribution is 2.20. The van der Waals surface area contributed by atoms with Gasteiger partial charge in [0.05, 0.1) is 10.7 Å². The largest absolute Gasteiger partial charge is 0.325 e. The Labute approximate surface area is 150 Å². The number of amides is 1. The van der Waals surface area contributed by atoms with Crippen molar-refractivity contribution in [1.29, 1.82) is 0 Å². The maximum absolute atomic E-state index is 12.0. The molecule has 122 valence electrons. The van der Waals surface area contributed by atoms with Crippen LogP contribution in [0.2, 0.25) is 5.02 Å². The predicted molar refractivity (Wildman–Crippen MR) is 100 cm³/mol. The average molecular weight is 396 g/mol. The highest BCUT2D eigenvalue weighted by Gasteiger charge is 2.07. The second-order valence-electron chi connectivity index (χ2n) is 5.46. The van der Waals surface area contributed by atoms with Crippen molar-refractivity contribution in [2.75, 3.05) is 25.5 Å². The van der Waals surface area contributed by atoms with E-state index in [1.54, 1.807) is 12.1 Å². The molecule has 0 spiro atoms. The molecule has 0 saturated carbocycles. The van der Waals surface area contributed by atoms with Crippen molar-refractivity contribution < 1.29 is 4.79 Å². The molecule has 2 aromatic rings. The van der Waals surface area contributed by atoms with Crippen molar-refractivity contribution >= 4 is 39.1 Å². The number of nitrogens with one attached hydrogen (secondary N) is 1. The zero-order valence-electron chi connectivity index (χ0n) is 13.1. The molecule has 0 aliphatic carbocycles. The molecule has 23 heavy (non-hydrogen) atoms. The molecule has 3 nitrogen and oxygen atoms in total. The fourth-order valence-corrected chi connectivity index (χ4v) is 2.60. The zero-order valence-corrected chi connectivity index (χ0v) is 15.4. The number of carbonyl (C=O) groups is 1. The molecule has 1 amide bonds. The summed E-state index contributed by atoms with van der Waals surface area (Å²) in [6.45, 7) is 1.63. The standard InChI is InChI=1S/C18H20BrClN2O/c1-22(12-10-14-6-8-15(19)9-7-14)13-11-18(23)21-17-5-3-2-4-16(17)20/h2-9H,10-13H2,1H3,(H,21,23). The second-order valence-corrected chi connectivity index (χ2v) is 6.78. The highest BCUT2D eigenvalue weighted by molar-refractivity contribution is 9.10. The lowest BCUT2D eigenvalue weighted by Gasteiger charge is -2.16. The molecule has 2 aromatic carbocycles. The van der Waals surface area contributed by atoms with Crippen LogP contribution in [-0.4, -0.2) is 30.9 Å². The van der Waals surface area contributed by atoms with Crippen molar-refractivity contribution in [3.8, 4) is 0 Å². The molecular weight excluding hydrogens is 376 g/mol. The summed E-state index contributed by atoms with van der Waals surface area (Å²) in [4.78, 5) is 14.1. The monoisotopic (exact) mass is 394 g/mol. The Bertz CT molecular complexity index is 646. The van der Waals surface area contributed by atoms with E-state index in [0.717, 1.165) is 17.4 Å². The van der Waals surface area contributed by atoms with Gasteiger partial charge in [-0.05, 0) is 43.3 Å². The van der Waals surface area contributed by atoms with E-state index in [1.165, 1.54) is 5.56 Å². The van der Waals surface area contributed by atoms with Gasteiger partial charge in [-0.2, -0.15) is 0 Å². The summed E-state index contributed by atoms with van der Waals surface area (Å²) in [5.74, 6) is -0.0198. The Balaban J connectivity index is 1.71. The lowest BCUT2D eigenvalue weighted by atomic mass is 10.1. The molecule has 0 fully saturated rings. The Morgan fingerprint density at radius 3 is 2.52 bits per heavy atom. The van der Waals surface area contributed by atoms with Crippen molar-refractivity contribution in [2.45, 2.75) is 12.8 Å². The van der Waals surface area contributed by atoms with E-state index in [1.807, 2.05) is 31.3 Å². The highest BCUT2D eigenvalue weighted by atomic mass is 79.9. The minimum Gasteiger partial charge on any atom is -0.325 e. The summed E-state index contributed by atoms with van der Waals surface area (Å²) in [6, 6.07) is 15.6. The van der Waals surface area contributed by atoms with Crippen LogP contribution in [0.3, 0.4) is 0 Å². The second kappa shape index (κ2) is 9.06. The lowest BCUT2D eigenvalue weighted by Crippen LogP contribution is -2.26. The SMILES string of the molecule is CN(CCC(=O)Nc1ccccc1Cl)CCc1ccc(Br)cc1. The van der Waals surface area contributed by atoms with Crippen LogP contribution in [-0.2, 0) is 11.2 Å². The molecule has 0 aliphatic heterocycles. The minimum absolute atomic E-state index is 0.0198. The number of hydrogen-bond acceptors (Lipinski definition) is 2. The van der Waals surface area contributed by atoms with Gasteiger partial charge >= 0.3 is 0 Å². The van der Waals surface area contributed by atoms with E-state index in [2.05, 4.69) is 38.3 Å². The number of nitrogens with zero attached hydrogens (tertiary/aromatic N) is 1. The number of benzene rings is 2. The van der Waals surface area contributed by atoms with Crippen LogP contribution in [0, 0.1) is 0 Å². The van der Waals surface area contributed by atoms with Gasteiger partial charge in [-0.15, -0.1) is 0 Å². The van der Waals surface area contributed by atoms with Crippen LogP contribution in [0.15, 0.2) is 53.0 Å². The van der Waals surface area contributed by atoms with Gasteiger partial charge in [0.15, 0.2) is 0 Å². The summed E-state index contributed by atoms with van der Waals surface area (Å²) in [5, 5.41) is 3.40. The third kappa shape index (κ3) is 6.34. The summed E-state index contributed by atoms with van der Waals surface area (Å²) in [5.41, 5.74) is 1.96. The van der Waals surface area contributed by atoms with Crippen molar-refractivity contribution in [3.05, 3.63) is 63.6 Å². The first-order chi connectivity index (χ1) is 11.0. The minimum atomic E-state index is -0.0198. The topological polar surface area (TPSA) is 32.3 Å². The molecule has 2 rings (SSSR count). The van der Waals surface area contributed by atoms with E-state index in [-0.39, 0.29) is 5.91 Å². The molecule has 0 aliphatic rings. The van der Waals surface area contributed by atoms with Crippen LogP contribution < -0.4 is 5.32 Å². The number of rotatable bonds is 7. The number of carbonyl (C=O) groups excluding carboxylic acids is 1. The van der Waals surface area contributed by atoms with Gasteiger partial charge in [-0.25, -0.2) is 0 Å². The third-order valence-corrected chi connectivity index (χ3v) is 4.42. The van der Waals surface area contributed by atoms with Gasteiger partial charge in [0.1, 0.15) is 0 Å². The first-order valence-corrected chi connectivity index (χ1v) is 8.69. The van der Waals surface area contributed by atoms with E-state index in [4.69, 9.17) is 11.6 Å². The van der Waals surface area contributed by atoms with Gasteiger partial charge in [-0.1, -0.05) is 51.8 Å². The number of likely N-dealkylation sites (N-methyl/N-ethyl adjacent to an activating group) is 1. The number of hydrogen-bond donors (Lipinski definition) is 1. The maximum atomic E-state index is 12.0. The molecule has 1 N–H and O–H groups in total. The van der Waals surface area contributed by atoms with Crippen LogP contribution in [0.5, 0.6) is 0 Å². The van der Waals surface area contributed by atoms with Gasteiger partial charge in [0, 0.05) is 24.0 Å². The van der Waals surface area contributed by atoms with Gasteiger partial charge < -0.3 is 10.2 Å². The normalized spacial score (nSPS) is 10.8. The first-order valence-electron chi connectivity index (χ1n) is 7.52. The molecule has 0 heterocycles. The van der Waals surface area contributed by atoms with Gasteiger partial charge in [0.2, 0.25) is 5.91 Å². The zero-order chi connectivity index (χ0) is 16.7. The first kappa shape index (κ1) is 18.0. The maximum Gasteiger partial charge on any atom is 0.225 e. The fraction of sp³-hybridized carbons (Fsp3) is 0.278. The average Bonchev–Trinajstić information content (AvgIpc) is 2.54. The Kier molecular flexibility index (Phi) is 7.09. The molecule has 0 saturated heterocycles. The fourth-order valence-electron chi connectivity index (χ4n) is 2.15. The molecule has 0 aromatic heterocycles. The number of halogens is 2. The molecule has 0 radical (unpaired) electrons. The Hall–Kier alpha value is -1.36. The molecular formula is C18H20BrClN2O. The van der Waals surface area contributed by atoms with Crippen molar-refractivity contribution in [2.24, 2.45) is 0 Å². The number of anilines is 1. The van der Waals surface area contributed by atoms with Crippen molar-refractivity contribution in [1.82, 2.24) is 4.90 Å². The molecule has 0 bridgehead atoms. The Morgan fingerprint density at radius 2 is 1.83 bits per heavy atom. The lowest BCUT2D eigenvalue weighted by molar-refractivity contribution is -0.116. The van der Waals surface area contributed by atoms with Crippen LogP contribution in [0.1, 0.15) is 12.0 Å². The molecule has 0 unspecified atom stereocenters.